The molecule has 0 saturated heterocycles. The van der Waals surface area contributed by atoms with E-state index >= 15 is 0 Å². The van der Waals surface area contributed by atoms with Crippen molar-refractivity contribution in [2.75, 3.05) is 5.32 Å². The third kappa shape index (κ3) is 2.18. The Morgan fingerprint density at radius 3 is 2.85 bits per heavy atom. The lowest BCUT2D eigenvalue weighted by atomic mass is 10.0. The van der Waals surface area contributed by atoms with Crippen molar-refractivity contribution in [2.45, 2.75) is 0 Å². The smallest absolute Gasteiger partial charge is 0.256 e. The van der Waals surface area contributed by atoms with E-state index in [1.165, 1.54) is 18.2 Å². The van der Waals surface area contributed by atoms with Crippen LogP contribution in [-0.2, 0) is 4.79 Å². The van der Waals surface area contributed by atoms with Crippen LogP contribution in [0.2, 0.25) is 0 Å². The molecule has 1 amide bonds. The van der Waals surface area contributed by atoms with Gasteiger partial charge in [0.05, 0.1) is 0 Å². The molecule has 3 nitrogen and oxygen atoms in total. The van der Waals surface area contributed by atoms with Gasteiger partial charge >= 0.3 is 0 Å². The highest BCUT2D eigenvalue weighted by atomic mass is 127. The second-order valence-electron chi connectivity index (χ2n) is 4.38. The molecule has 0 unspecified atom stereocenters. The Hall–Kier alpha value is -1.89. The molecule has 1 aliphatic rings. The molecule has 2 aromatic carbocycles. The molecule has 0 bridgehead atoms. The predicted molar refractivity (Wildman–Crippen MR) is 83.7 cm³/mol. The lowest BCUT2D eigenvalue weighted by Crippen LogP contribution is -2.03. The van der Waals surface area contributed by atoms with Gasteiger partial charge < -0.3 is 10.4 Å². The maximum absolute atomic E-state index is 13.3. The van der Waals surface area contributed by atoms with Crippen molar-refractivity contribution >= 4 is 45.8 Å². The number of anilines is 1. The molecule has 1 heterocycles. The van der Waals surface area contributed by atoms with Gasteiger partial charge in [-0.05, 0) is 52.9 Å². The molecule has 1 aliphatic heterocycles. The first kappa shape index (κ1) is 13.1. The summed E-state index contributed by atoms with van der Waals surface area (Å²) in [6.45, 7) is 0. The van der Waals surface area contributed by atoms with E-state index < -0.39 is 11.6 Å². The van der Waals surface area contributed by atoms with Crippen LogP contribution in [0.3, 0.4) is 0 Å². The summed E-state index contributed by atoms with van der Waals surface area (Å²) in [5.41, 5.74) is 2.17. The molecular formula is C15H9FINO2. The summed E-state index contributed by atoms with van der Waals surface area (Å²) in [7, 11) is 0. The van der Waals surface area contributed by atoms with Crippen LogP contribution in [0.5, 0.6) is 5.75 Å². The van der Waals surface area contributed by atoms with E-state index in [-0.39, 0.29) is 11.5 Å². The number of fused-ring (bicyclic) bond motifs is 1. The van der Waals surface area contributed by atoms with E-state index in [0.29, 0.717) is 5.57 Å². The molecule has 0 spiro atoms. The average molecular weight is 381 g/mol. The minimum atomic E-state index is -0.708. The fourth-order valence-electron chi connectivity index (χ4n) is 2.11. The number of aromatic hydroxyl groups is 1. The number of rotatable bonds is 1. The summed E-state index contributed by atoms with van der Waals surface area (Å²) < 4.78 is 14.3. The van der Waals surface area contributed by atoms with Crippen molar-refractivity contribution in [2.24, 2.45) is 0 Å². The first-order valence-electron chi connectivity index (χ1n) is 5.87. The summed E-state index contributed by atoms with van der Waals surface area (Å²) in [6.07, 6.45) is 1.50. The molecule has 100 valence electrons. The van der Waals surface area contributed by atoms with Crippen LogP contribution in [0.15, 0.2) is 36.4 Å². The summed E-state index contributed by atoms with van der Waals surface area (Å²) in [5, 5.41) is 12.4. The number of nitrogens with one attached hydrogen (secondary N) is 1. The Morgan fingerprint density at radius 2 is 2.05 bits per heavy atom. The Labute approximate surface area is 128 Å². The molecule has 2 N–H and O–H groups in total. The van der Waals surface area contributed by atoms with Gasteiger partial charge in [-0.1, -0.05) is 12.1 Å². The molecule has 2 aromatic rings. The minimum Gasteiger partial charge on any atom is -0.504 e. The number of para-hydroxylation sites is 1. The first-order chi connectivity index (χ1) is 9.56. The number of carbonyl (C=O) groups excluding carboxylic acids is 1. The van der Waals surface area contributed by atoms with E-state index in [1.807, 2.05) is 18.2 Å². The minimum absolute atomic E-state index is 0.259. The summed E-state index contributed by atoms with van der Waals surface area (Å²) in [5.74, 6) is -1.42. The molecule has 0 aromatic heterocycles. The number of phenols is 1. The molecule has 5 heteroatoms. The van der Waals surface area contributed by atoms with E-state index in [1.54, 1.807) is 6.07 Å². The molecule has 0 atom stereocenters. The van der Waals surface area contributed by atoms with Gasteiger partial charge in [0, 0.05) is 26.0 Å². The number of phenolic OH excluding ortho intramolecular Hbond substituents is 1. The van der Waals surface area contributed by atoms with Crippen LogP contribution < -0.4 is 5.32 Å². The van der Waals surface area contributed by atoms with Gasteiger partial charge in [0.25, 0.3) is 5.91 Å². The number of hydrogen-bond acceptors (Lipinski definition) is 2. The summed E-state index contributed by atoms with van der Waals surface area (Å²) in [6, 6.07) is 9.80. The van der Waals surface area contributed by atoms with E-state index in [4.69, 9.17) is 0 Å². The summed E-state index contributed by atoms with van der Waals surface area (Å²) in [4.78, 5) is 12.0. The number of hydrogen-bond donors (Lipinski definition) is 2. The number of carbonyl (C=O) groups is 1. The lowest BCUT2D eigenvalue weighted by Gasteiger charge is -2.02. The van der Waals surface area contributed by atoms with Gasteiger partial charge in [-0.2, -0.15) is 0 Å². The third-order valence-corrected chi connectivity index (χ3v) is 3.75. The van der Waals surface area contributed by atoms with Crippen molar-refractivity contribution in [3.8, 4) is 5.75 Å². The lowest BCUT2D eigenvalue weighted by molar-refractivity contribution is -0.110. The van der Waals surface area contributed by atoms with Crippen molar-refractivity contribution in [3.63, 3.8) is 0 Å². The van der Waals surface area contributed by atoms with Gasteiger partial charge in [0.1, 0.15) is 0 Å². The van der Waals surface area contributed by atoms with Gasteiger partial charge in [-0.25, -0.2) is 4.39 Å². The van der Waals surface area contributed by atoms with Crippen molar-refractivity contribution < 1.29 is 14.3 Å². The van der Waals surface area contributed by atoms with E-state index in [0.717, 1.165) is 14.8 Å². The topological polar surface area (TPSA) is 49.3 Å². The van der Waals surface area contributed by atoms with Gasteiger partial charge in [0.15, 0.2) is 11.6 Å². The highest BCUT2D eigenvalue weighted by Crippen LogP contribution is 2.35. The highest BCUT2D eigenvalue weighted by molar-refractivity contribution is 14.1. The molecular weight excluding hydrogens is 372 g/mol. The quantitative estimate of drug-likeness (QED) is 0.586. The fraction of sp³-hybridized carbons (Fsp3) is 0. The molecule has 3 rings (SSSR count). The second kappa shape index (κ2) is 4.90. The zero-order valence-electron chi connectivity index (χ0n) is 10.2. The van der Waals surface area contributed by atoms with Crippen LogP contribution in [-0.4, -0.2) is 11.0 Å². The standard InChI is InChI=1S/C15H9FINO2/c16-12-3-1-2-8(14(12)19)6-11-10-7-9(17)4-5-13(10)18-15(11)20/h1-7,19H,(H,18,20). The van der Waals surface area contributed by atoms with E-state index in [2.05, 4.69) is 27.9 Å². The maximum atomic E-state index is 13.3. The van der Waals surface area contributed by atoms with Crippen molar-refractivity contribution in [1.82, 2.24) is 0 Å². The molecule has 0 aliphatic carbocycles. The molecule has 0 radical (unpaired) electrons. The third-order valence-electron chi connectivity index (χ3n) is 3.08. The summed E-state index contributed by atoms with van der Waals surface area (Å²) >= 11 is 2.16. The zero-order valence-corrected chi connectivity index (χ0v) is 12.3. The number of halogens is 2. The first-order valence-corrected chi connectivity index (χ1v) is 6.94. The van der Waals surface area contributed by atoms with Crippen LogP contribution in [0.4, 0.5) is 10.1 Å². The van der Waals surface area contributed by atoms with E-state index in [9.17, 15) is 14.3 Å². The number of amides is 1. The molecule has 20 heavy (non-hydrogen) atoms. The molecule has 0 saturated carbocycles. The van der Waals surface area contributed by atoms with Crippen LogP contribution in [0.1, 0.15) is 11.1 Å². The fourth-order valence-corrected chi connectivity index (χ4v) is 2.60. The van der Waals surface area contributed by atoms with Crippen LogP contribution in [0.25, 0.3) is 11.6 Å². The van der Waals surface area contributed by atoms with Gasteiger partial charge in [-0.3, -0.25) is 4.79 Å². The van der Waals surface area contributed by atoms with Crippen molar-refractivity contribution in [3.05, 3.63) is 56.9 Å². The monoisotopic (exact) mass is 381 g/mol. The zero-order chi connectivity index (χ0) is 14.3. The van der Waals surface area contributed by atoms with Crippen LogP contribution >= 0.6 is 22.6 Å². The van der Waals surface area contributed by atoms with Crippen LogP contribution in [0, 0.1) is 9.39 Å². The largest absolute Gasteiger partial charge is 0.504 e. The Morgan fingerprint density at radius 1 is 1.25 bits per heavy atom. The SMILES string of the molecule is O=C1Nc2ccc(I)cc2C1=Cc1cccc(F)c1O. The predicted octanol–water partition coefficient (Wildman–Crippen LogP) is 3.63. The Balaban J connectivity index is 2.15. The Bertz CT molecular complexity index is 756. The van der Waals surface area contributed by atoms with Crippen molar-refractivity contribution in [1.29, 1.82) is 0 Å². The maximum Gasteiger partial charge on any atom is 0.256 e. The highest BCUT2D eigenvalue weighted by Gasteiger charge is 2.24. The Kier molecular flexibility index (Phi) is 3.21. The molecule has 0 fully saturated rings. The average Bonchev–Trinajstić information content (AvgIpc) is 2.71. The van der Waals surface area contributed by atoms with Gasteiger partial charge in [0.2, 0.25) is 0 Å². The van der Waals surface area contributed by atoms with Gasteiger partial charge in [-0.15, -0.1) is 0 Å². The second-order valence-corrected chi connectivity index (χ2v) is 5.63. The normalized spacial score (nSPS) is 15.3. The number of benzene rings is 2.